The molecule has 0 saturated carbocycles. The number of ether oxygens (including phenoxy) is 1. The fourth-order valence-corrected chi connectivity index (χ4v) is 4.40. The van der Waals surface area contributed by atoms with Crippen molar-refractivity contribution in [3.8, 4) is 11.4 Å². The zero-order chi connectivity index (χ0) is 22.1. The summed E-state index contributed by atoms with van der Waals surface area (Å²) in [5.41, 5.74) is 3.99. The van der Waals surface area contributed by atoms with E-state index >= 15 is 0 Å². The first kappa shape index (κ1) is 21.6. The Hall–Kier alpha value is -3.10. The topological polar surface area (TPSA) is 103 Å². The van der Waals surface area contributed by atoms with Crippen molar-refractivity contribution in [1.29, 1.82) is 0 Å². The van der Waals surface area contributed by atoms with Gasteiger partial charge in [0.2, 0.25) is 10.0 Å². The number of sulfonamides is 1. The van der Waals surface area contributed by atoms with E-state index in [2.05, 4.69) is 5.32 Å². The Morgan fingerprint density at radius 1 is 1.13 bits per heavy atom. The highest BCUT2D eigenvalue weighted by Gasteiger charge is 2.19. The molecule has 3 aromatic rings. The van der Waals surface area contributed by atoms with E-state index in [1.807, 2.05) is 49.6 Å². The summed E-state index contributed by atoms with van der Waals surface area (Å²) in [7, 11) is -2.29. The number of primary sulfonamides is 1. The monoisotopic (exact) mass is 427 g/mol. The summed E-state index contributed by atoms with van der Waals surface area (Å²) in [6, 6.07) is 14.1. The molecule has 0 saturated heterocycles. The molecule has 3 N–H and O–H groups in total. The molecule has 1 aromatic heterocycles. The smallest absolute Gasteiger partial charge is 0.257 e. The summed E-state index contributed by atoms with van der Waals surface area (Å²) in [4.78, 5) is 13.0. The second kappa shape index (κ2) is 8.33. The highest BCUT2D eigenvalue weighted by Crippen LogP contribution is 2.25. The lowest BCUT2D eigenvalue weighted by atomic mass is 10.1. The number of methoxy groups -OCH3 is 1. The summed E-state index contributed by atoms with van der Waals surface area (Å²) >= 11 is 0. The number of hydrogen-bond donors (Lipinski definition) is 2. The molecule has 158 valence electrons. The largest absolute Gasteiger partial charge is 0.497 e. The first-order valence-electron chi connectivity index (χ1n) is 9.46. The molecule has 30 heavy (non-hydrogen) atoms. The lowest BCUT2D eigenvalue weighted by molar-refractivity contribution is 0.102. The molecule has 0 aliphatic carbocycles. The van der Waals surface area contributed by atoms with Crippen LogP contribution in [0.5, 0.6) is 5.75 Å². The number of nitrogens with zero attached hydrogens (tertiary/aromatic N) is 1. The van der Waals surface area contributed by atoms with Gasteiger partial charge in [0.05, 0.1) is 17.6 Å². The van der Waals surface area contributed by atoms with E-state index in [0.717, 1.165) is 22.8 Å². The molecule has 1 heterocycles. The second-order valence-electron chi connectivity index (χ2n) is 7.00. The number of rotatable bonds is 6. The van der Waals surface area contributed by atoms with Crippen LogP contribution in [0.3, 0.4) is 0 Å². The molecule has 0 aliphatic heterocycles. The molecular weight excluding hydrogens is 402 g/mol. The Morgan fingerprint density at radius 3 is 2.50 bits per heavy atom. The molecule has 0 spiro atoms. The first-order valence-corrected chi connectivity index (χ1v) is 11.0. The predicted molar refractivity (Wildman–Crippen MR) is 117 cm³/mol. The number of carbonyl (C=O) groups excluding carboxylic acids is 1. The normalized spacial score (nSPS) is 11.4. The standard InChI is InChI=1S/C22H25N3O4S/c1-5-16-9-10-17(12-21(16)30(23,27)28)24-22(26)20-11-14(2)25(15(20)3)18-7-6-8-19(13-18)29-4/h6-13H,5H2,1-4H3,(H,24,26)(H2,23,27,28). The third-order valence-corrected chi connectivity index (χ3v) is 5.99. The zero-order valence-corrected chi connectivity index (χ0v) is 18.2. The maximum atomic E-state index is 12.9. The van der Waals surface area contributed by atoms with E-state index in [-0.39, 0.29) is 10.8 Å². The average molecular weight is 428 g/mol. The van der Waals surface area contributed by atoms with Crippen LogP contribution in [-0.2, 0) is 16.4 Å². The highest BCUT2D eigenvalue weighted by atomic mass is 32.2. The lowest BCUT2D eigenvalue weighted by Crippen LogP contribution is -2.17. The maximum Gasteiger partial charge on any atom is 0.257 e. The molecule has 2 aromatic carbocycles. The Labute approximate surface area is 176 Å². The second-order valence-corrected chi connectivity index (χ2v) is 8.53. The van der Waals surface area contributed by atoms with E-state index in [9.17, 15) is 13.2 Å². The third kappa shape index (κ3) is 4.24. The van der Waals surface area contributed by atoms with Crippen molar-refractivity contribution in [2.45, 2.75) is 32.1 Å². The fourth-order valence-electron chi connectivity index (χ4n) is 3.53. The molecule has 0 bridgehead atoms. The number of nitrogens with one attached hydrogen (secondary N) is 1. The number of hydrogen-bond acceptors (Lipinski definition) is 4. The summed E-state index contributed by atoms with van der Waals surface area (Å²) in [5, 5.41) is 8.11. The number of aryl methyl sites for hydroxylation is 2. The lowest BCUT2D eigenvalue weighted by Gasteiger charge is -2.12. The van der Waals surface area contributed by atoms with Gasteiger partial charge in [0.25, 0.3) is 5.91 Å². The molecule has 0 radical (unpaired) electrons. The van der Waals surface area contributed by atoms with Gasteiger partial charge in [0.15, 0.2) is 0 Å². The van der Waals surface area contributed by atoms with Gasteiger partial charge in [-0.3, -0.25) is 4.79 Å². The van der Waals surface area contributed by atoms with Crippen LogP contribution in [0, 0.1) is 13.8 Å². The van der Waals surface area contributed by atoms with Crippen molar-refractivity contribution < 1.29 is 17.9 Å². The summed E-state index contributed by atoms with van der Waals surface area (Å²) in [6.07, 6.45) is 0.516. The van der Waals surface area contributed by atoms with Crippen LogP contribution < -0.4 is 15.2 Å². The van der Waals surface area contributed by atoms with Gasteiger partial charge in [-0.1, -0.05) is 19.1 Å². The van der Waals surface area contributed by atoms with Crippen LogP contribution in [0.15, 0.2) is 53.4 Å². The van der Waals surface area contributed by atoms with E-state index in [4.69, 9.17) is 9.88 Å². The van der Waals surface area contributed by atoms with Crippen LogP contribution >= 0.6 is 0 Å². The molecule has 8 heteroatoms. The summed E-state index contributed by atoms with van der Waals surface area (Å²) in [6.45, 7) is 5.62. The van der Waals surface area contributed by atoms with E-state index in [1.165, 1.54) is 6.07 Å². The number of nitrogens with two attached hydrogens (primary N) is 1. The van der Waals surface area contributed by atoms with E-state index in [0.29, 0.717) is 23.2 Å². The molecule has 1 amide bonds. The van der Waals surface area contributed by atoms with Gasteiger partial charge >= 0.3 is 0 Å². The molecular formula is C22H25N3O4S. The molecule has 7 nitrogen and oxygen atoms in total. The molecule has 3 rings (SSSR count). The van der Waals surface area contributed by atoms with Crippen molar-refractivity contribution in [3.63, 3.8) is 0 Å². The van der Waals surface area contributed by atoms with E-state index in [1.54, 1.807) is 25.3 Å². The average Bonchev–Trinajstić information content (AvgIpc) is 3.01. The van der Waals surface area contributed by atoms with Crippen molar-refractivity contribution in [2.75, 3.05) is 12.4 Å². The number of aromatic nitrogens is 1. The van der Waals surface area contributed by atoms with Crippen LogP contribution in [0.25, 0.3) is 5.69 Å². The zero-order valence-electron chi connectivity index (χ0n) is 17.4. The number of anilines is 1. The Morgan fingerprint density at radius 2 is 1.87 bits per heavy atom. The van der Waals surface area contributed by atoms with Gasteiger partial charge in [-0.25, -0.2) is 13.6 Å². The van der Waals surface area contributed by atoms with Gasteiger partial charge in [-0.05, 0) is 56.2 Å². The van der Waals surface area contributed by atoms with E-state index < -0.39 is 10.0 Å². The van der Waals surface area contributed by atoms with Crippen LogP contribution in [-0.4, -0.2) is 26.0 Å². The Bertz CT molecular complexity index is 1210. The number of benzene rings is 2. The van der Waals surface area contributed by atoms with Gasteiger partial charge < -0.3 is 14.6 Å². The van der Waals surface area contributed by atoms with Crippen LogP contribution in [0.1, 0.15) is 34.2 Å². The summed E-state index contributed by atoms with van der Waals surface area (Å²) in [5.74, 6) is 0.388. The van der Waals surface area contributed by atoms with Crippen LogP contribution in [0.2, 0.25) is 0 Å². The van der Waals surface area contributed by atoms with Crippen molar-refractivity contribution in [3.05, 3.63) is 71.0 Å². The Kier molecular flexibility index (Phi) is 6.00. The predicted octanol–water partition coefficient (Wildman–Crippen LogP) is 3.56. The minimum atomic E-state index is -3.89. The van der Waals surface area contributed by atoms with Gasteiger partial charge in [-0.15, -0.1) is 0 Å². The van der Waals surface area contributed by atoms with Gasteiger partial charge in [0.1, 0.15) is 5.75 Å². The van der Waals surface area contributed by atoms with Crippen molar-refractivity contribution >= 4 is 21.6 Å². The first-order chi connectivity index (χ1) is 14.2. The SMILES string of the molecule is CCc1ccc(NC(=O)c2cc(C)n(-c3cccc(OC)c3)c2C)cc1S(N)(=O)=O. The Balaban J connectivity index is 1.96. The fraction of sp³-hybridized carbons (Fsp3) is 0.227. The maximum absolute atomic E-state index is 12.9. The molecule has 0 aliphatic rings. The van der Waals surface area contributed by atoms with Crippen LogP contribution in [0.4, 0.5) is 5.69 Å². The molecule has 0 fully saturated rings. The molecule has 0 unspecified atom stereocenters. The quantitative estimate of drug-likeness (QED) is 0.628. The van der Waals surface area contributed by atoms with Crippen molar-refractivity contribution in [1.82, 2.24) is 4.57 Å². The van der Waals surface area contributed by atoms with Crippen molar-refractivity contribution in [2.24, 2.45) is 5.14 Å². The third-order valence-electron chi connectivity index (χ3n) is 5.00. The minimum Gasteiger partial charge on any atom is -0.497 e. The molecule has 0 atom stereocenters. The number of carbonyl (C=O) groups is 1. The summed E-state index contributed by atoms with van der Waals surface area (Å²) < 4.78 is 31.0. The van der Waals surface area contributed by atoms with Gasteiger partial charge in [-0.2, -0.15) is 0 Å². The van der Waals surface area contributed by atoms with Gasteiger partial charge in [0, 0.05) is 28.8 Å². The number of amides is 1. The highest BCUT2D eigenvalue weighted by molar-refractivity contribution is 7.89. The minimum absolute atomic E-state index is 0.0182.